The van der Waals surface area contributed by atoms with Gasteiger partial charge in [0.15, 0.2) is 11.2 Å². The second-order valence-corrected chi connectivity index (χ2v) is 7.53. The predicted molar refractivity (Wildman–Crippen MR) is 106 cm³/mol. The molecule has 3 aromatic rings. The normalized spacial score (nSPS) is 16.4. The van der Waals surface area contributed by atoms with Crippen molar-refractivity contribution in [2.75, 3.05) is 11.4 Å². The summed E-state index contributed by atoms with van der Waals surface area (Å²) in [5.74, 6) is 0.00949. The zero-order chi connectivity index (χ0) is 20.2. The molecular weight excluding hydrogens is 384 g/mol. The monoisotopic (exact) mass is 402 g/mol. The largest absolute Gasteiger partial charge is 0.368 e. The van der Waals surface area contributed by atoms with Gasteiger partial charge in [-0.05, 0) is 24.1 Å². The summed E-state index contributed by atoms with van der Waals surface area (Å²) in [4.78, 5) is 43.5. The van der Waals surface area contributed by atoms with Crippen LogP contribution in [0.3, 0.4) is 0 Å². The van der Waals surface area contributed by atoms with Gasteiger partial charge in [0.1, 0.15) is 6.54 Å². The molecule has 2 aromatic heterocycles. The first-order valence-electron chi connectivity index (χ1n) is 8.79. The van der Waals surface area contributed by atoms with Crippen molar-refractivity contribution in [3.8, 4) is 0 Å². The first-order valence-corrected chi connectivity index (χ1v) is 9.17. The van der Waals surface area contributed by atoms with Crippen molar-refractivity contribution in [1.29, 1.82) is 0 Å². The van der Waals surface area contributed by atoms with E-state index < -0.39 is 23.7 Å². The van der Waals surface area contributed by atoms with E-state index in [1.54, 1.807) is 10.6 Å². The number of aromatic nitrogens is 4. The lowest BCUT2D eigenvalue weighted by Gasteiger charge is -2.33. The fourth-order valence-corrected chi connectivity index (χ4v) is 3.85. The highest BCUT2D eigenvalue weighted by atomic mass is 35.5. The first-order chi connectivity index (χ1) is 13.3. The van der Waals surface area contributed by atoms with Crippen LogP contribution in [0.15, 0.2) is 33.9 Å². The van der Waals surface area contributed by atoms with Crippen molar-refractivity contribution in [3.63, 3.8) is 0 Å². The highest BCUT2D eigenvalue weighted by Gasteiger charge is 2.30. The van der Waals surface area contributed by atoms with Crippen LogP contribution in [-0.2, 0) is 24.9 Å². The SMILES string of the molecule is C[C@H]1CN(c2cccc(Cl)c2)c2nc3c(c(=O)n(CC(N)=O)c(=O)n3C)n2C1. The Hall–Kier alpha value is -3.07. The van der Waals surface area contributed by atoms with Crippen molar-refractivity contribution >= 4 is 40.3 Å². The molecule has 1 amide bonds. The molecule has 146 valence electrons. The highest BCUT2D eigenvalue weighted by Crippen LogP contribution is 2.33. The Morgan fingerprint density at radius 2 is 2.07 bits per heavy atom. The van der Waals surface area contributed by atoms with Crippen LogP contribution in [0.2, 0.25) is 5.02 Å². The van der Waals surface area contributed by atoms with Gasteiger partial charge in [-0.3, -0.25) is 14.2 Å². The number of primary amides is 1. The third-order valence-electron chi connectivity index (χ3n) is 4.88. The average Bonchev–Trinajstić information content (AvgIpc) is 3.02. The fourth-order valence-electron chi connectivity index (χ4n) is 3.66. The molecule has 0 fully saturated rings. The molecule has 0 saturated heterocycles. The molecule has 1 aliphatic rings. The van der Waals surface area contributed by atoms with Crippen molar-refractivity contribution in [3.05, 3.63) is 50.1 Å². The molecule has 0 spiro atoms. The number of imidazole rings is 1. The van der Waals surface area contributed by atoms with Gasteiger partial charge in [0.25, 0.3) is 5.56 Å². The smallest absolute Gasteiger partial charge is 0.332 e. The molecule has 9 nitrogen and oxygen atoms in total. The number of benzene rings is 1. The van der Waals surface area contributed by atoms with Gasteiger partial charge in [-0.2, -0.15) is 4.98 Å². The molecule has 1 aliphatic heterocycles. The van der Waals surface area contributed by atoms with Crippen LogP contribution in [0, 0.1) is 5.92 Å². The van der Waals surface area contributed by atoms with E-state index in [9.17, 15) is 14.4 Å². The summed E-state index contributed by atoms with van der Waals surface area (Å²) in [5.41, 5.74) is 5.40. The second-order valence-electron chi connectivity index (χ2n) is 7.09. The molecule has 1 aromatic carbocycles. The zero-order valence-electron chi connectivity index (χ0n) is 15.4. The summed E-state index contributed by atoms with van der Waals surface area (Å²) < 4.78 is 3.91. The first kappa shape index (κ1) is 18.3. The quantitative estimate of drug-likeness (QED) is 0.697. The van der Waals surface area contributed by atoms with Gasteiger partial charge in [0.2, 0.25) is 11.9 Å². The topological polar surface area (TPSA) is 108 Å². The summed E-state index contributed by atoms with van der Waals surface area (Å²) in [6.45, 7) is 2.84. The summed E-state index contributed by atoms with van der Waals surface area (Å²) >= 11 is 6.15. The van der Waals surface area contributed by atoms with Crippen LogP contribution in [0.25, 0.3) is 11.2 Å². The Morgan fingerprint density at radius 3 is 2.75 bits per heavy atom. The standard InChI is InChI=1S/C18H19ClN6O3/c1-10-7-23(12-5-3-4-11(19)6-12)17-21-15-14(24(17)8-10)16(27)25(9-13(20)26)18(28)22(15)2/h3-6,10H,7-9H2,1-2H3,(H2,20,26)/t10-/m0/s1. The number of amides is 1. The highest BCUT2D eigenvalue weighted by molar-refractivity contribution is 6.30. The average molecular weight is 403 g/mol. The van der Waals surface area contributed by atoms with Gasteiger partial charge in [-0.25, -0.2) is 9.36 Å². The molecule has 0 bridgehead atoms. The van der Waals surface area contributed by atoms with E-state index in [0.717, 1.165) is 10.3 Å². The van der Waals surface area contributed by atoms with Crippen molar-refractivity contribution in [1.82, 2.24) is 18.7 Å². The third-order valence-corrected chi connectivity index (χ3v) is 5.11. The van der Waals surface area contributed by atoms with E-state index in [-0.39, 0.29) is 17.1 Å². The Balaban J connectivity index is 2.02. The van der Waals surface area contributed by atoms with Crippen molar-refractivity contribution < 1.29 is 4.79 Å². The summed E-state index contributed by atoms with van der Waals surface area (Å²) in [5, 5.41) is 0.592. The molecule has 10 heteroatoms. The lowest BCUT2D eigenvalue weighted by Crippen LogP contribution is -2.43. The van der Waals surface area contributed by atoms with Crippen LogP contribution in [0.5, 0.6) is 0 Å². The van der Waals surface area contributed by atoms with E-state index in [4.69, 9.17) is 17.3 Å². The Bertz CT molecular complexity index is 1220. The number of halogens is 1. The number of nitrogens with two attached hydrogens (primary N) is 1. The van der Waals surface area contributed by atoms with Gasteiger partial charge >= 0.3 is 5.69 Å². The minimum atomic E-state index is -0.758. The number of aryl methyl sites for hydroxylation is 1. The molecule has 0 aliphatic carbocycles. The lowest BCUT2D eigenvalue weighted by molar-refractivity contribution is -0.118. The Morgan fingerprint density at radius 1 is 1.32 bits per heavy atom. The summed E-state index contributed by atoms with van der Waals surface area (Å²) in [6.07, 6.45) is 0. The summed E-state index contributed by atoms with van der Waals surface area (Å²) in [6, 6.07) is 7.37. The molecule has 0 radical (unpaired) electrons. The Kier molecular flexibility index (Phi) is 4.26. The summed E-state index contributed by atoms with van der Waals surface area (Å²) in [7, 11) is 1.52. The number of hydrogen-bond acceptors (Lipinski definition) is 5. The maximum Gasteiger partial charge on any atom is 0.332 e. The number of carbonyl (C=O) groups excluding carboxylic acids is 1. The minimum Gasteiger partial charge on any atom is -0.368 e. The van der Waals surface area contributed by atoms with E-state index >= 15 is 0 Å². The predicted octanol–water partition coefficient (Wildman–Crippen LogP) is 0.823. The van der Waals surface area contributed by atoms with Crippen LogP contribution in [0.4, 0.5) is 11.6 Å². The fraction of sp³-hybridized carbons (Fsp3) is 0.333. The van der Waals surface area contributed by atoms with Gasteiger partial charge in [-0.1, -0.05) is 24.6 Å². The van der Waals surface area contributed by atoms with Crippen LogP contribution in [-0.4, -0.2) is 31.1 Å². The number of fused-ring (bicyclic) bond motifs is 3. The molecule has 2 N–H and O–H groups in total. The number of rotatable bonds is 3. The Labute approximate surface area is 164 Å². The van der Waals surface area contributed by atoms with Crippen molar-refractivity contribution in [2.45, 2.75) is 20.0 Å². The molecule has 1 atom stereocenters. The number of hydrogen-bond donors (Lipinski definition) is 1. The van der Waals surface area contributed by atoms with E-state index in [1.165, 1.54) is 11.6 Å². The number of anilines is 2. The van der Waals surface area contributed by atoms with Crippen LogP contribution >= 0.6 is 11.6 Å². The number of nitrogens with zero attached hydrogens (tertiary/aromatic N) is 5. The maximum atomic E-state index is 13.0. The van der Waals surface area contributed by atoms with Gasteiger partial charge < -0.3 is 15.2 Å². The molecular formula is C18H19ClN6O3. The maximum absolute atomic E-state index is 13.0. The number of carbonyl (C=O) groups is 1. The molecule has 3 heterocycles. The molecule has 0 unspecified atom stereocenters. The van der Waals surface area contributed by atoms with Gasteiger partial charge in [0, 0.05) is 30.8 Å². The molecule has 0 saturated carbocycles. The second kappa shape index (κ2) is 6.52. The van der Waals surface area contributed by atoms with Gasteiger partial charge in [-0.15, -0.1) is 0 Å². The third kappa shape index (κ3) is 2.78. The zero-order valence-corrected chi connectivity index (χ0v) is 16.2. The lowest BCUT2D eigenvalue weighted by atomic mass is 10.1. The van der Waals surface area contributed by atoms with E-state index in [1.807, 2.05) is 23.1 Å². The molecule has 28 heavy (non-hydrogen) atoms. The minimum absolute atomic E-state index is 0.213. The van der Waals surface area contributed by atoms with E-state index in [0.29, 0.717) is 24.1 Å². The van der Waals surface area contributed by atoms with Crippen LogP contribution < -0.4 is 21.9 Å². The van der Waals surface area contributed by atoms with Crippen molar-refractivity contribution in [2.24, 2.45) is 18.7 Å². The van der Waals surface area contributed by atoms with Crippen LogP contribution in [0.1, 0.15) is 6.92 Å². The van der Waals surface area contributed by atoms with E-state index in [2.05, 4.69) is 11.9 Å². The van der Waals surface area contributed by atoms with Gasteiger partial charge in [0.05, 0.1) is 0 Å². The molecule has 4 rings (SSSR count).